The van der Waals surface area contributed by atoms with Crippen molar-refractivity contribution in [3.8, 4) is 0 Å². The second-order valence-electron chi connectivity index (χ2n) is 4.98. The van der Waals surface area contributed by atoms with Crippen molar-refractivity contribution >= 4 is 34.8 Å². The van der Waals surface area contributed by atoms with E-state index >= 15 is 0 Å². The smallest absolute Gasteiger partial charge is 0.225 e. The zero-order chi connectivity index (χ0) is 14.5. The van der Waals surface area contributed by atoms with Gasteiger partial charge in [-0.05, 0) is 19.1 Å². The molecule has 0 unspecified atom stereocenters. The fourth-order valence-corrected chi connectivity index (χ4v) is 2.77. The van der Waals surface area contributed by atoms with Crippen LogP contribution in [0.5, 0.6) is 0 Å². The molecule has 0 bridgehead atoms. The topological polar surface area (TPSA) is 44.4 Å². The lowest BCUT2D eigenvalue weighted by Gasteiger charge is -2.33. The van der Waals surface area contributed by atoms with Crippen LogP contribution in [0.2, 0.25) is 10.0 Å². The molecule has 4 nitrogen and oxygen atoms in total. The van der Waals surface area contributed by atoms with Crippen LogP contribution in [0, 0.1) is 0 Å². The number of rotatable bonds is 4. The van der Waals surface area contributed by atoms with Crippen molar-refractivity contribution in [2.24, 2.45) is 0 Å². The minimum Gasteiger partial charge on any atom is -0.324 e. The van der Waals surface area contributed by atoms with Crippen LogP contribution in [0.15, 0.2) is 18.2 Å². The molecular weight excluding hydrogens is 297 g/mol. The molecular formula is C14H19Cl2N3O. The molecule has 0 spiro atoms. The lowest BCUT2D eigenvalue weighted by Crippen LogP contribution is -2.50. The Morgan fingerprint density at radius 3 is 2.80 bits per heavy atom. The third-order valence-electron chi connectivity index (χ3n) is 3.49. The van der Waals surface area contributed by atoms with E-state index in [-0.39, 0.29) is 5.91 Å². The highest BCUT2D eigenvalue weighted by atomic mass is 35.5. The zero-order valence-electron chi connectivity index (χ0n) is 11.5. The van der Waals surface area contributed by atoms with E-state index in [0.717, 1.165) is 26.2 Å². The number of nitrogens with zero attached hydrogens (tertiary/aromatic N) is 1. The van der Waals surface area contributed by atoms with Gasteiger partial charge in [-0.3, -0.25) is 9.69 Å². The summed E-state index contributed by atoms with van der Waals surface area (Å²) in [4.78, 5) is 14.3. The number of anilines is 1. The maximum absolute atomic E-state index is 12.0. The zero-order valence-corrected chi connectivity index (χ0v) is 13.0. The third-order valence-corrected chi connectivity index (χ3v) is 4.12. The van der Waals surface area contributed by atoms with Gasteiger partial charge in [0.1, 0.15) is 0 Å². The quantitative estimate of drug-likeness (QED) is 0.897. The van der Waals surface area contributed by atoms with Crippen molar-refractivity contribution in [2.75, 3.05) is 31.5 Å². The van der Waals surface area contributed by atoms with Crippen molar-refractivity contribution in [3.05, 3.63) is 28.2 Å². The molecule has 20 heavy (non-hydrogen) atoms. The molecule has 0 aliphatic carbocycles. The Balaban J connectivity index is 1.86. The van der Waals surface area contributed by atoms with Crippen LogP contribution in [-0.2, 0) is 4.79 Å². The van der Waals surface area contributed by atoms with Crippen LogP contribution in [-0.4, -0.2) is 43.0 Å². The van der Waals surface area contributed by atoms with E-state index in [9.17, 15) is 4.79 Å². The predicted octanol–water partition coefficient (Wildman–Crippen LogP) is 2.62. The molecule has 1 aromatic rings. The molecule has 2 N–H and O–H groups in total. The maximum atomic E-state index is 12.0. The number of hydrogen-bond acceptors (Lipinski definition) is 3. The number of carbonyl (C=O) groups excluding carboxylic acids is 1. The number of hydrogen-bond donors (Lipinski definition) is 2. The highest BCUT2D eigenvalue weighted by Gasteiger charge is 2.18. The molecule has 0 radical (unpaired) electrons. The summed E-state index contributed by atoms with van der Waals surface area (Å²) in [5, 5.41) is 7.04. The van der Waals surface area contributed by atoms with Gasteiger partial charge in [0.15, 0.2) is 0 Å². The Morgan fingerprint density at radius 2 is 2.15 bits per heavy atom. The molecule has 1 atom stereocenters. The molecule has 6 heteroatoms. The lowest BCUT2D eigenvalue weighted by atomic mass is 10.2. The second kappa shape index (κ2) is 7.27. The van der Waals surface area contributed by atoms with E-state index in [0.29, 0.717) is 28.2 Å². The van der Waals surface area contributed by atoms with Gasteiger partial charge in [-0.1, -0.05) is 29.3 Å². The number of halogens is 2. The number of amides is 1. The Kier molecular flexibility index (Phi) is 5.66. The van der Waals surface area contributed by atoms with Crippen LogP contribution >= 0.6 is 23.2 Å². The average Bonchev–Trinajstić information content (AvgIpc) is 2.42. The van der Waals surface area contributed by atoms with Crippen molar-refractivity contribution in [2.45, 2.75) is 19.4 Å². The number of piperazine rings is 1. The monoisotopic (exact) mass is 315 g/mol. The SMILES string of the molecule is C[C@H]1CNCCN1CCC(=O)Nc1c(Cl)cccc1Cl. The third kappa shape index (κ3) is 4.09. The first-order valence-corrected chi connectivity index (χ1v) is 7.52. The molecule has 1 fully saturated rings. The number of carbonyl (C=O) groups is 1. The van der Waals surface area contributed by atoms with Gasteiger partial charge in [-0.2, -0.15) is 0 Å². The van der Waals surface area contributed by atoms with Crippen molar-refractivity contribution in [1.29, 1.82) is 0 Å². The molecule has 110 valence electrons. The van der Waals surface area contributed by atoms with Crippen LogP contribution in [0.4, 0.5) is 5.69 Å². The van der Waals surface area contributed by atoms with Crippen LogP contribution in [0.25, 0.3) is 0 Å². The van der Waals surface area contributed by atoms with Crippen molar-refractivity contribution < 1.29 is 4.79 Å². The molecule has 0 aromatic heterocycles. The predicted molar refractivity (Wildman–Crippen MR) is 83.6 cm³/mol. The summed E-state index contributed by atoms with van der Waals surface area (Å²) in [6.45, 7) is 5.83. The summed E-state index contributed by atoms with van der Waals surface area (Å²) in [7, 11) is 0. The summed E-state index contributed by atoms with van der Waals surface area (Å²) in [6.07, 6.45) is 0.436. The van der Waals surface area contributed by atoms with Gasteiger partial charge in [0.2, 0.25) is 5.91 Å². The van der Waals surface area contributed by atoms with E-state index in [1.54, 1.807) is 18.2 Å². The fourth-order valence-electron chi connectivity index (χ4n) is 2.28. The molecule has 1 saturated heterocycles. The van der Waals surface area contributed by atoms with Gasteiger partial charge >= 0.3 is 0 Å². The standard InChI is InChI=1S/C14H19Cl2N3O/c1-10-9-17-6-8-19(10)7-5-13(20)18-14-11(15)3-2-4-12(14)16/h2-4,10,17H,5-9H2,1H3,(H,18,20)/t10-/m0/s1. The van der Waals surface area contributed by atoms with Crippen LogP contribution in [0.1, 0.15) is 13.3 Å². The molecule has 1 heterocycles. The summed E-state index contributed by atoms with van der Waals surface area (Å²) in [5.41, 5.74) is 0.495. The van der Waals surface area contributed by atoms with E-state index < -0.39 is 0 Å². The highest BCUT2D eigenvalue weighted by Crippen LogP contribution is 2.29. The summed E-state index contributed by atoms with van der Waals surface area (Å²) < 4.78 is 0. The molecule has 1 amide bonds. The molecule has 2 rings (SSSR count). The Hall–Kier alpha value is -0.810. The molecule has 0 saturated carbocycles. The van der Waals surface area contributed by atoms with Crippen LogP contribution < -0.4 is 10.6 Å². The first-order valence-electron chi connectivity index (χ1n) is 6.76. The fraction of sp³-hybridized carbons (Fsp3) is 0.500. The van der Waals surface area contributed by atoms with Gasteiger partial charge in [0, 0.05) is 38.6 Å². The van der Waals surface area contributed by atoms with E-state index in [1.807, 2.05) is 0 Å². The number of para-hydroxylation sites is 1. The van der Waals surface area contributed by atoms with Gasteiger partial charge in [-0.15, -0.1) is 0 Å². The van der Waals surface area contributed by atoms with E-state index in [1.165, 1.54) is 0 Å². The first kappa shape index (κ1) is 15.6. The average molecular weight is 316 g/mol. The largest absolute Gasteiger partial charge is 0.324 e. The molecule has 1 aromatic carbocycles. The maximum Gasteiger partial charge on any atom is 0.225 e. The van der Waals surface area contributed by atoms with Crippen LogP contribution in [0.3, 0.4) is 0 Å². The summed E-state index contributed by atoms with van der Waals surface area (Å²) in [6, 6.07) is 5.63. The Bertz CT molecular complexity index is 461. The Labute approximate surface area is 129 Å². The summed E-state index contributed by atoms with van der Waals surface area (Å²) in [5.74, 6) is -0.0641. The Morgan fingerprint density at radius 1 is 1.45 bits per heavy atom. The molecule has 1 aliphatic rings. The number of nitrogens with one attached hydrogen (secondary N) is 2. The highest BCUT2D eigenvalue weighted by molar-refractivity contribution is 6.39. The van der Waals surface area contributed by atoms with Gasteiger partial charge < -0.3 is 10.6 Å². The summed E-state index contributed by atoms with van der Waals surface area (Å²) >= 11 is 12.1. The molecule has 1 aliphatic heterocycles. The van der Waals surface area contributed by atoms with E-state index in [4.69, 9.17) is 23.2 Å². The minimum absolute atomic E-state index is 0.0641. The first-order chi connectivity index (χ1) is 9.58. The lowest BCUT2D eigenvalue weighted by molar-refractivity contribution is -0.116. The van der Waals surface area contributed by atoms with Gasteiger partial charge in [0.05, 0.1) is 15.7 Å². The normalized spacial score (nSPS) is 19.9. The van der Waals surface area contributed by atoms with Gasteiger partial charge in [-0.25, -0.2) is 0 Å². The van der Waals surface area contributed by atoms with E-state index in [2.05, 4.69) is 22.5 Å². The minimum atomic E-state index is -0.0641. The van der Waals surface area contributed by atoms with Gasteiger partial charge in [0.25, 0.3) is 0 Å². The van der Waals surface area contributed by atoms with Crippen molar-refractivity contribution in [3.63, 3.8) is 0 Å². The second-order valence-corrected chi connectivity index (χ2v) is 5.80. The number of benzene rings is 1. The van der Waals surface area contributed by atoms with Crippen molar-refractivity contribution in [1.82, 2.24) is 10.2 Å².